The summed E-state index contributed by atoms with van der Waals surface area (Å²) in [5.41, 5.74) is 2.58. The molecule has 0 aliphatic rings. The number of carboxylic acid groups (broad SMARTS) is 1. The van der Waals surface area contributed by atoms with Crippen molar-refractivity contribution in [2.75, 3.05) is 13.2 Å². The average molecular weight is 395 g/mol. The first-order valence-electron chi connectivity index (χ1n) is 9.44. The molecule has 2 aromatic heterocycles. The summed E-state index contributed by atoms with van der Waals surface area (Å²) in [4.78, 5) is 23.3. The fourth-order valence-electron chi connectivity index (χ4n) is 2.54. The van der Waals surface area contributed by atoms with Crippen LogP contribution in [0.3, 0.4) is 0 Å². The third-order valence-corrected chi connectivity index (χ3v) is 4.45. The van der Waals surface area contributed by atoms with E-state index < -0.39 is 11.4 Å². The predicted molar refractivity (Wildman–Crippen MR) is 109 cm³/mol. The number of aromatic nitrogens is 3. The van der Waals surface area contributed by atoms with Crippen molar-refractivity contribution in [3.05, 3.63) is 54.5 Å². The summed E-state index contributed by atoms with van der Waals surface area (Å²) in [6.07, 6.45) is 3.61. The second kappa shape index (κ2) is 8.87. The molecule has 3 aromatic rings. The number of carbonyl (C=O) groups is 1. The Morgan fingerprint density at radius 1 is 1.14 bits per heavy atom. The van der Waals surface area contributed by atoms with Crippen molar-refractivity contribution < 1.29 is 19.4 Å². The number of nitrogens with one attached hydrogen (secondary N) is 1. The number of benzene rings is 1. The Bertz CT molecular complexity index is 947. The zero-order valence-electron chi connectivity index (χ0n) is 16.8. The van der Waals surface area contributed by atoms with Gasteiger partial charge in [-0.05, 0) is 57.2 Å². The van der Waals surface area contributed by atoms with Gasteiger partial charge in [0.05, 0.1) is 23.4 Å². The van der Waals surface area contributed by atoms with E-state index in [1.807, 2.05) is 49.5 Å². The number of imidazole rings is 1. The summed E-state index contributed by atoms with van der Waals surface area (Å²) >= 11 is 0. The molecular formula is C22H25N3O4. The van der Waals surface area contributed by atoms with Gasteiger partial charge in [-0.1, -0.05) is 0 Å². The van der Waals surface area contributed by atoms with Crippen LogP contribution in [-0.2, 0) is 16.1 Å². The van der Waals surface area contributed by atoms with Gasteiger partial charge in [0.25, 0.3) is 0 Å². The molecule has 0 saturated heterocycles. The van der Waals surface area contributed by atoms with Crippen LogP contribution in [0.2, 0.25) is 0 Å². The van der Waals surface area contributed by atoms with Gasteiger partial charge >= 0.3 is 5.97 Å². The molecule has 0 amide bonds. The Morgan fingerprint density at radius 3 is 2.48 bits per heavy atom. The van der Waals surface area contributed by atoms with E-state index in [0.717, 1.165) is 28.3 Å². The van der Waals surface area contributed by atoms with Crippen molar-refractivity contribution in [2.45, 2.75) is 27.4 Å². The summed E-state index contributed by atoms with van der Waals surface area (Å²) < 4.78 is 11.0. The van der Waals surface area contributed by atoms with Crippen LogP contribution in [0.4, 0.5) is 0 Å². The van der Waals surface area contributed by atoms with Gasteiger partial charge in [0, 0.05) is 30.1 Å². The van der Waals surface area contributed by atoms with E-state index in [0.29, 0.717) is 19.0 Å². The molecule has 0 atom stereocenters. The molecule has 7 nitrogen and oxygen atoms in total. The molecule has 0 aliphatic heterocycles. The molecular weight excluding hydrogens is 370 g/mol. The molecule has 0 bridgehead atoms. The van der Waals surface area contributed by atoms with Gasteiger partial charge in [-0.15, -0.1) is 0 Å². The zero-order valence-corrected chi connectivity index (χ0v) is 16.8. The van der Waals surface area contributed by atoms with Gasteiger partial charge in [-0.25, -0.2) is 4.98 Å². The molecule has 2 heterocycles. The number of carboxylic acids is 1. The van der Waals surface area contributed by atoms with Gasteiger partial charge < -0.3 is 19.6 Å². The van der Waals surface area contributed by atoms with Crippen LogP contribution in [0.1, 0.15) is 26.5 Å². The van der Waals surface area contributed by atoms with Crippen molar-refractivity contribution in [1.82, 2.24) is 15.0 Å². The number of aromatic amines is 1. The summed E-state index contributed by atoms with van der Waals surface area (Å²) in [7, 11) is 0. The molecule has 0 aliphatic carbocycles. The number of nitrogens with zero attached hydrogens (tertiary/aromatic N) is 2. The molecule has 152 valence electrons. The first-order chi connectivity index (χ1) is 13.9. The Kier molecular flexibility index (Phi) is 6.29. The summed E-state index contributed by atoms with van der Waals surface area (Å²) in [6, 6.07) is 11.3. The van der Waals surface area contributed by atoms with E-state index in [-0.39, 0.29) is 6.61 Å². The van der Waals surface area contributed by atoms with Crippen molar-refractivity contribution in [3.8, 4) is 28.4 Å². The van der Waals surface area contributed by atoms with Gasteiger partial charge in [0.2, 0.25) is 0 Å². The van der Waals surface area contributed by atoms with Crippen LogP contribution in [0.25, 0.3) is 22.6 Å². The lowest BCUT2D eigenvalue weighted by atomic mass is 9.95. The number of H-pyrrole nitrogens is 1. The van der Waals surface area contributed by atoms with Gasteiger partial charge in [0.15, 0.2) is 0 Å². The van der Waals surface area contributed by atoms with Gasteiger partial charge in [-0.3, -0.25) is 9.78 Å². The summed E-state index contributed by atoms with van der Waals surface area (Å²) in [5.74, 6) is 0.487. The summed E-state index contributed by atoms with van der Waals surface area (Å²) in [6.45, 7) is 6.45. The van der Waals surface area contributed by atoms with Crippen molar-refractivity contribution >= 4 is 5.97 Å². The maximum atomic E-state index is 11.2. The number of aliphatic carboxylic acids is 1. The standard InChI is InChI=1S/C22H25N3O4/c1-4-28-13-17-12-24-20(25-17)16-7-10-19(23-11-16)15-5-8-18(9-6-15)29-14-22(2,3)21(26)27/h5-12H,4,13-14H2,1-3H3,(H,24,25)(H,26,27). The molecule has 0 saturated carbocycles. The molecule has 3 rings (SSSR count). The second-order valence-electron chi connectivity index (χ2n) is 7.31. The van der Waals surface area contributed by atoms with Crippen LogP contribution in [0.15, 0.2) is 48.8 Å². The number of pyridine rings is 1. The summed E-state index contributed by atoms with van der Waals surface area (Å²) in [5, 5.41) is 9.16. The third kappa shape index (κ3) is 5.20. The molecule has 0 fully saturated rings. The number of hydrogen-bond acceptors (Lipinski definition) is 5. The molecule has 2 N–H and O–H groups in total. The van der Waals surface area contributed by atoms with Crippen molar-refractivity contribution in [2.24, 2.45) is 5.41 Å². The lowest BCUT2D eigenvalue weighted by molar-refractivity contribution is -0.148. The van der Waals surface area contributed by atoms with Gasteiger partial charge in [-0.2, -0.15) is 0 Å². The highest BCUT2D eigenvalue weighted by molar-refractivity contribution is 5.73. The minimum absolute atomic E-state index is 0.100. The maximum absolute atomic E-state index is 11.2. The highest BCUT2D eigenvalue weighted by Gasteiger charge is 2.28. The van der Waals surface area contributed by atoms with E-state index in [2.05, 4.69) is 15.0 Å². The fraction of sp³-hybridized carbons (Fsp3) is 0.318. The Hall–Kier alpha value is -3.19. The van der Waals surface area contributed by atoms with E-state index in [9.17, 15) is 4.79 Å². The van der Waals surface area contributed by atoms with Gasteiger partial charge in [0.1, 0.15) is 18.2 Å². The fourth-order valence-corrected chi connectivity index (χ4v) is 2.54. The largest absolute Gasteiger partial charge is 0.492 e. The number of rotatable bonds is 9. The van der Waals surface area contributed by atoms with E-state index in [1.165, 1.54) is 0 Å². The minimum atomic E-state index is -0.940. The van der Waals surface area contributed by atoms with Crippen LogP contribution >= 0.6 is 0 Å². The molecule has 0 unspecified atom stereocenters. The highest BCUT2D eigenvalue weighted by Crippen LogP contribution is 2.24. The van der Waals surface area contributed by atoms with Crippen LogP contribution in [0.5, 0.6) is 5.75 Å². The first-order valence-corrected chi connectivity index (χ1v) is 9.44. The third-order valence-electron chi connectivity index (χ3n) is 4.45. The lowest BCUT2D eigenvalue weighted by Crippen LogP contribution is -2.30. The molecule has 1 aromatic carbocycles. The molecule has 7 heteroatoms. The van der Waals surface area contributed by atoms with Crippen LogP contribution in [-0.4, -0.2) is 39.2 Å². The molecule has 29 heavy (non-hydrogen) atoms. The Morgan fingerprint density at radius 2 is 1.86 bits per heavy atom. The number of hydrogen-bond donors (Lipinski definition) is 2. The number of ether oxygens (including phenoxy) is 2. The average Bonchev–Trinajstić information content (AvgIpc) is 3.20. The second-order valence-corrected chi connectivity index (χ2v) is 7.31. The topological polar surface area (TPSA) is 97.3 Å². The van der Waals surface area contributed by atoms with Crippen LogP contribution < -0.4 is 4.74 Å². The molecule has 0 spiro atoms. The smallest absolute Gasteiger partial charge is 0.312 e. The molecule has 0 radical (unpaired) electrons. The maximum Gasteiger partial charge on any atom is 0.312 e. The SMILES string of the molecule is CCOCc1c[nH]c(-c2ccc(-c3ccc(OCC(C)(C)C(=O)O)cc3)nc2)n1. The van der Waals surface area contributed by atoms with E-state index >= 15 is 0 Å². The van der Waals surface area contributed by atoms with E-state index in [1.54, 1.807) is 20.0 Å². The Balaban J connectivity index is 1.65. The van der Waals surface area contributed by atoms with E-state index in [4.69, 9.17) is 14.6 Å². The zero-order chi connectivity index (χ0) is 20.9. The lowest BCUT2D eigenvalue weighted by Gasteiger charge is -2.19. The van der Waals surface area contributed by atoms with Crippen molar-refractivity contribution in [1.29, 1.82) is 0 Å². The normalized spacial score (nSPS) is 11.4. The monoisotopic (exact) mass is 395 g/mol. The van der Waals surface area contributed by atoms with Crippen LogP contribution in [0, 0.1) is 5.41 Å². The Labute approximate surface area is 169 Å². The van der Waals surface area contributed by atoms with Crippen molar-refractivity contribution in [3.63, 3.8) is 0 Å². The predicted octanol–water partition coefficient (Wildman–Crippen LogP) is 4.16. The minimum Gasteiger partial charge on any atom is -0.492 e. The first kappa shape index (κ1) is 20.5. The quantitative estimate of drug-likeness (QED) is 0.564. The highest BCUT2D eigenvalue weighted by atomic mass is 16.5.